The van der Waals surface area contributed by atoms with Crippen molar-refractivity contribution in [3.63, 3.8) is 0 Å². The van der Waals surface area contributed by atoms with E-state index in [9.17, 15) is 19.8 Å². The summed E-state index contributed by atoms with van der Waals surface area (Å²) < 4.78 is 49.8. The van der Waals surface area contributed by atoms with Crippen LogP contribution in [-0.2, 0) is 31.9 Å². The number of aliphatic hydroxyl groups is 2. The molecule has 61 heavy (non-hydrogen) atoms. The first-order chi connectivity index (χ1) is 29.4. The van der Waals surface area contributed by atoms with Crippen molar-refractivity contribution in [2.24, 2.45) is 11.3 Å². The fraction of sp³-hybridized carbons (Fsp3) is 0.538. The molecule has 0 aliphatic heterocycles. The van der Waals surface area contributed by atoms with Crippen molar-refractivity contribution in [3.8, 4) is 28.0 Å². The summed E-state index contributed by atoms with van der Waals surface area (Å²) in [7, 11) is 0. The highest BCUT2D eigenvalue weighted by Crippen LogP contribution is 2.40. The lowest BCUT2D eigenvalue weighted by molar-refractivity contribution is -0.139. The van der Waals surface area contributed by atoms with Crippen molar-refractivity contribution in [2.75, 3.05) is 33.0 Å². The average molecular weight is 845 g/mol. The number of unbranched alkanes of at least 4 members (excludes halogenated alkanes) is 3. The van der Waals surface area contributed by atoms with Gasteiger partial charge < -0.3 is 24.4 Å². The molecule has 1 saturated carbocycles. The lowest BCUT2D eigenvalue weighted by atomic mass is 9.77. The first kappa shape index (κ1) is 49.3. The zero-order valence-electron chi connectivity index (χ0n) is 37.2. The average Bonchev–Trinajstić information content (AvgIpc) is 3.26. The van der Waals surface area contributed by atoms with E-state index >= 15 is 8.78 Å². The fourth-order valence-electron chi connectivity index (χ4n) is 8.38. The minimum absolute atomic E-state index is 0.0872. The second kappa shape index (κ2) is 24.9. The van der Waals surface area contributed by atoms with E-state index in [1.54, 1.807) is 38.1 Å². The topological polar surface area (TPSA) is 102 Å². The lowest BCUT2D eigenvalue weighted by Gasteiger charge is -2.30. The smallest absolute Gasteiger partial charge is 0.333 e. The molecule has 4 rings (SSSR count). The Morgan fingerprint density at radius 1 is 0.689 bits per heavy atom. The Balaban J connectivity index is 1.66. The van der Waals surface area contributed by atoms with E-state index in [1.165, 1.54) is 44.1 Å². The summed E-state index contributed by atoms with van der Waals surface area (Å²) in [6.45, 7) is 14.7. The predicted octanol–water partition coefficient (Wildman–Crippen LogP) is 12.2. The number of carbonyl (C=O) groups excluding carboxylic acids is 2. The van der Waals surface area contributed by atoms with Gasteiger partial charge >= 0.3 is 11.9 Å². The summed E-state index contributed by atoms with van der Waals surface area (Å²) in [6, 6.07) is 14.7. The van der Waals surface area contributed by atoms with Gasteiger partial charge in [-0.3, -0.25) is 0 Å². The Bertz CT molecular complexity index is 1830. The molecule has 1 aliphatic carbocycles. The number of carbonyl (C=O) groups is 2. The van der Waals surface area contributed by atoms with Crippen LogP contribution in [-0.4, -0.2) is 55.2 Å². The molecule has 7 nitrogen and oxygen atoms in total. The Labute approximate surface area is 363 Å². The molecule has 0 aromatic heterocycles. The second-order valence-corrected chi connectivity index (χ2v) is 17.3. The third-order valence-corrected chi connectivity index (χ3v) is 12.3. The van der Waals surface area contributed by atoms with E-state index in [4.69, 9.17) is 14.2 Å². The van der Waals surface area contributed by atoms with Gasteiger partial charge in [0.1, 0.15) is 5.75 Å². The summed E-state index contributed by atoms with van der Waals surface area (Å²) in [5, 5.41) is 20.6. The predicted molar refractivity (Wildman–Crippen MR) is 241 cm³/mol. The quantitative estimate of drug-likeness (QED) is 0.0471. The van der Waals surface area contributed by atoms with Crippen molar-refractivity contribution >= 4 is 11.9 Å². The molecule has 0 amide bonds. The van der Waals surface area contributed by atoms with E-state index < -0.39 is 29.0 Å². The van der Waals surface area contributed by atoms with Crippen LogP contribution in [0.5, 0.6) is 5.75 Å². The number of esters is 2. The molecular formula is C52H70F2O7. The van der Waals surface area contributed by atoms with Crippen LogP contribution >= 0.6 is 0 Å². The van der Waals surface area contributed by atoms with Gasteiger partial charge in [0.2, 0.25) is 0 Å². The zero-order valence-corrected chi connectivity index (χ0v) is 37.2. The van der Waals surface area contributed by atoms with E-state index in [1.807, 2.05) is 12.1 Å². The van der Waals surface area contributed by atoms with Gasteiger partial charge in [-0.05, 0) is 130 Å². The van der Waals surface area contributed by atoms with Crippen LogP contribution < -0.4 is 4.74 Å². The SMILES string of the molecule is C=C(C)C(=O)OCCCc1cc(-c2ccc(-c3ccc(C4CCC(CCCCC)CC4)cc3)c(F)c2F)cc(CCCOC(=O)C(=C)C)c1OCCC(CO)(CO)CCCC. The molecule has 334 valence electrons. The lowest BCUT2D eigenvalue weighted by Crippen LogP contribution is -2.32. The Hall–Kier alpha value is -4.34. The van der Waals surface area contributed by atoms with Crippen LogP contribution in [0.15, 0.2) is 72.8 Å². The largest absolute Gasteiger partial charge is 0.493 e. The molecule has 0 heterocycles. The van der Waals surface area contributed by atoms with Gasteiger partial charge in [0.05, 0.1) is 33.0 Å². The van der Waals surface area contributed by atoms with Gasteiger partial charge in [0, 0.05) is 27.7 Å². The molecule has 0 saturated heterocycles. The maximum Gasteiger partial charge on any atom is 0.333 e. The van der Waals surface area contributed by atoms with E-state index in [0.717, 1.165) is 31.6 Å². The van der Waals surface area contributed by atoms with Crippen LogP contribution in [0.3, 0.4) is 0 Å². The minimum atomic E-state index is -0.967. The monoisotopic (exact) mass is 845 g/mol. The number of aliphatic hydroxyl groups excluding tert-OH is 2. The van der Waals surface area contributed by atoms with Gasteiger partial charge in [-0.25, -0.2) is 18.4 Å². The molecule has 9 heteroatoms. The van der Waals surface area contributed by atoms with E-state index in [-0.39, 0.29) is 55.3 Å². The zero-order chi connectivity index (χ0) is 44.4. The van der Waals surface area contributed by atoms with Crippen molar-refractivity contribution in [2.45, 2.75) is 136 Å². The fourth-order valence-corrected chi connectivity index (χ4v) is 8.38. The number of halogens is 2. The highest BCUT2D eigenvalue weighted by atomic mass is 19.2. The van der Waals surface area contributed by atoms with E-state index in [2.05, 4.69) is 39.1 Å². The maximum atomic E-state index is 16.4. The molecule has 0 radical (unpaired) electrons. The van der Waals surface area contributed by atoms with Gasteiger partial charge in [-0.2, -0.15) is 0 Å². The molecule has 3 aromatic carbocycles. The molecule has 2 N–H and O–H groups in total. The number of aryl methyl sites for hydroxylation is 2. The van der Waals surface area contributed by atoms with Crippen LogP contribution in [0.1, 0.15) is 140 Å². The highest BCUT2D eigenvalue weighted by molar-refractivity contribution is 5.87. The molecule has 1 aliphatic rings. The van der Waals surface area contributed by atoms with E-state index in [0.29, 0.717) is 72.4 Å². The Morgan fingerprint density at radius 3 is 1.70 bits per heavy atom. The highest BCUT2D eigenvalue weighted by Gasteiger charge is 2.29. The van der Waals surface area contributed by atoms with Crippen LogP contribution in [0.2, 0.25) is 0 Å². The van der Waals surface area contributed by atoms with Crippen LogP contribution in [0.25, 0.3) is 22.3 Å². The summed E-state index contributed by atoms with van der Waals surface area (Å²) in [6.07, 6.45) is 14.3. The maximum absolute atomic E-state index is 16.4. The second-order valence-electron chi connectivity index (χ2n) is 17.3. The minimum Gasteiger partial charge on any atom is -0.493 e. The number of benzene rings is 3. The van der Waals surface area contributed by atoms with Gasteiger partial charge in [0.25, 0.3) is 0 Å². The third kappa shape index (κ3) is 14.4. The van der Waals surface area contributed by atoms with Crippen LogP contribution in [0.4, 0.5) is 8.78 Å². The van der Waals surface area contributed by atoms with Crippen molar-refractivity contribution in [3.05, 3.63) is 101 Å². The summed E-state index contributed by atoms with van der Waals surface area (Å²) in [4.78, 5) is 24.3. The summed E-state index contributed by atoms with van der Waals surface area (Å²) in [5.41, 5.74) is 3.81. The van der Waals surface area contributed by atoms with Crippen LogP contribution in [0, 0.1) is 23.0 Å². The summed E-state index contributed by atoms with van der Waals surface area (Å²) in [5.74, 6) is -1.07. The molecule has 3 aromatic rings. The molecule has 1 fully saturated rings. The van der Waals surface area contributed by atoms with Gasteiger partial charge in [-0.15, -0.1) is 0 Å². The number of hydrogen-bond acceptors (Lipinski definition) is 7. The molecular weight excluding hydrogens is 775 g/mol. The summed E-state index contributed by atoms with van der Waals surface area (Å²) >= 11 is 0. The molecule has 0 spiro atoms. The Kier molecular flexibility index (Phi) is 20.2. The normalized spacial score (nSPS) is 15.3. The van der Waals surface area contributed by atoms with Gasteiger partial charge in [-0.1, -0.05) is 102 Å². The first-order valence-corrected chi connectivity index (χ1v) is 22.6. The third-order valence-electron chi connectivity index (χ3n) is 12.3. The Morgan fingerprint density at radius 2 is 1.21 bits per heavy atom. The number of ether oxygens (including phenoxy) is 3. The van der Waals surface area contributed by atoms with Crippen molar-refractivity contribution < 1.29 is 42.8 Å². The molecule has 0 unspecified atom stereocenters. The first-order valence-electron chi connectivity index (χ1n) is 22.6. The van der Waals surface area contributed by atoms with Crippen molar-refractivity contribution in [1.29, 1.82) is 0 Å². The standard InChI is InChI=1S/C52H70F2O7/c1-7-9-11-14-38-17-19-39(20-18-38)40-21-23-41(24-22-40)45-25-26-46(48(54)47(45)53)44-32-42(15-12-29-60-50(57)36(3)4)49(43(33-44)16-13-30-61-51(58)37(5)6)59-31-28-52(34-55,35-56)27-10-8-2/h21-26,32-33,38-39,55-56H,3,5,7-20,27-31,34-35H2,1-2,4,6H3. The molecule has 0 atom stereocenters. The van der Waals surface area contributed by atoms with Crippen molar-refractivity contribution in [1.82, 2.24) is 0 Å². The number of hydrogen-bond donors (Lipinski definition) is 2. The molecule has 0 bridgehead atoms. The van der Waals surface area contributed by atoms with Gasteiger partial charge in [0.15, 0.2) is 11.6 Å². The number of rotatable bonds is 26.